The first-order valence-electron chi connectivity index (χ1n) is 8.39. The van der Waals surface area contributed by atoms with Crippen LogP contribution in [0.5, 0.6) is 11.5 Å². The summed E-state index contributed by atoms with van der Waals surface area (Å²) < 4.78 is 16.6. The number of likely N-dealkylation sites (tertiary alicyclic amines) is 1. The largest absolute Gasteiger partial charge is 0.493 e. The number of piperidine rings is 1. The molecule has 2 heterocycles. The average molecular weight is 334 g/mol. The van der Waals surface area contributed by atoms with Crippen LogP contribution in [0.4, 0.5) is 0 Å². The van der Waals surface area contributed by atoms with Gasteiger partial charge in [0.15, 0.2) is 11.5 Å². The van der Waals surface area contributed by atoms with Gasteiger partial charge in [-0.05, 0) is 38.1 Å². The van der Waals surface area contributed by atoms with Crippen LogP contribution in [0.1, 0.15) is 22.3 Å². The van der Waals surface area contributed by atoms with E-state index in [4.69, 9.17) is 14.2 Å². The first kappa shape index (κ1) is 17.0. The summed E-state index contributed by atoms with van der Waals surface area (Å²) >= 11 is 0. The van der Waals surface area contributed by atoms with Gasteiger partial charge >= 0.3 is 0 Å². The lowest BCUT2D eigenvalue weighted by Gasteiger charge is -2.46. The molecule has 2 fully saturated rings. The van der Waals surface area contributed by atoms with Crippen LogP contribution < -0.4 is 9.47 Å². The molecule has 0 saturated carbocycles. The fourth-order valence-electron chi connectivity index (χ4n) is 3.65. The van der Waals surface area contributed by atoms with E-state index in [-0.39, 0.29) is 18.1 Å². The number of hydrogen-bond acceptors (Lipinski definition) is 5. The summed E-state index contributed by atoms with van der Waals surface area (Å²) in [5.41, 5.74) is 1.56. The molecule has 24 heavy (non-hydrogen) atoms. The molecular weight excluding hydrogens is 308 g/mol. The van der Waals surface area contributed by atoms with Gasteiger partial charge in [0.05, 0.1) is 33.0 Å². The fraction of sp³-hybridized carbons (Fsp3) is 0.611. The van der Waals surface area contributed by atoms with Crippen molar-refractivity contribution in [2.45, 2.75) is 25.5 Å². The van der Waals surface area contributed by atoms with E-state index in [1.165, 1.54) is 0 Å². The lowest BCUT2D eigenvalue weighted by Crippen LogP contribution is -2.60. The van der Waals surface area contributed by atoms with Gasteiger partial charge < -0.3 is 24.0 Å². The Bertz CT molecular complexity index is 619. The molecule has 0 spiro atoms. The van der Waals surface area contributed by atoms with Crippen molar-refractivity contribution >= 4 is 5.91 Å². The van der Waals surface area contributed by atoms with Gasteiger partial charge in [-0.15, -0.1) is 0 Å². The second kappa shape index (κ2) is 6.99. The average Bonchev–Trinajstić information content (AvgIpc) is 2.60. The number of fused-ring (bicyclic) bond motifs is 1. The molecule has 3 rings (SSSR count). The van der Waals surface area contributed by atoms with Gasteiger partial charge in [-0.25, -0.2) is 0 Å². The maximum atomic E-state index is 13.2. The maximum absolute atomic E-state index is 13.2. The van der Waals surface area contributed by atoms with Crippen LogP contribution in [-0.4, -0.2) is 75.4 Å². The fourth-order valence-corrected chi connectivity index (χ4v) is 3.65. The Balaban J connectivity index is 1.90. The first-order valence-corrected chi connectivity index (χ1v) is 8.39. The Kier molecular flexibility index (Phi) is 4.96. The number of methoxy groups -OCH3 is 2. The molecule has 0 aromatic heterocycles. The van der Waals surface area contributed by atoms with Crippen LogP contribution in [0.15, 0.2) is 12.1 Å². The summed E-state index contributed by atoms with van der Waals surface area (Å²) in [5, 5.41) is 0. The molecule has 2 aliphatic heterocycles. The normalized spacial score (nSPS) is 24.4. The zero-order chi connectivity index (χ0) is 17.3. The molecule has 1 amide bonds. The summed E-state index contributed by atoms with van der Waals surface area (Å²) in [7, 11) is 5.28. The van der Waals surface area contributed by atoms with Gasteiger partial charge in [0.2, 0.25) is 0 Å². The van der Waals surface area contributed by atoms with Gasteiger partial charge in [-0.1, -0.05) is 0 Å². The molecule has 0 bridgehead atoms. The number of aryl methyl sites for hydroxylation is 1. The summed E-state index contributed by atoms with van der Waals surface area (Å²) in [6, 6.07) is 3.75. The molecule has 132 valence electrons. The zero-order valence-electron chi connectivity index (χ0n) is 14.9. The first-order chi connectivity index (χ1) is 11.5. The van der Waals surface area contributed by atoms with Crippen LogP contribution >= 0.6 is 0 Å². The van der Waals surface area contributed by atoms with Gasteiger partial charge in [0, 0.05) is 25.2 Å². The Labute approximate surface area is 143 Å². The summed E-state index contributed by atoms with van der Waals surface area (Å²) in [5.74, 6) is 1.27. The van der Waals surface area contributed by atoms with Gasteiger partial charge in [0.1, 0.15) is 0 Å². The molecule has 0 aliphatic carbocycles. The number of likely N-dealkylation sites (N-methyl/N-ethyl adjacent to an activating group) is 1. The Morgan fingerprint density at radius 1 is 1.21 bits per heavy atom. The zero-order valence-corrected chi connectivity index (χ0v) is 14.9. The highest BCUT2D eigenvalue weighted by molar-refractivity contribution is 5.96. The lowest BCUT2D eigenvalue weighted by molar-refractivity contribution is -0.0870. The third-order valence-electron chi connectivity index (χ3n) is 5.01. The standard InChI is InChI=1S/C18H26N2O4/c1-12-9-16(22-3)17(23-4)10-13(12)18(21)20-7-8-24-15-5-6-19(2)11-14(15)20/h9-10,14-15H,5-8,11H2,1-4H3. The van der Waals surface area contributed by atoms with E-state index in [1.807, 2.05) is 17.9 Å². The van der Waals surface area contributed by atoms with Gasteiger partial charge in [-0.2, -0.15) is 0 Å². The van der Waals surface area contributed by atoms with E-state index in [2.05, 4.69) is 11.9 Å². The van der Waals surface area contributed by atoms with Crippen molar-refractivity contribution < 1.29 is 19.0 Å². The number of carbonyl (C=O) groups excluding carboxylic acids is 1. The quantitative estimate of drug-likeness (QED) is 0.840. The third-order valence-corrected chi connectivity index (χ3v) is 5.01. The predicted molar refractivity (Wildman–Crippen MR) is 91.0 cm³/mol. The number of rotatable bonds is 3. The van der Waals surface area contributed by atoms with Gasteiger partial charge in [0.25, 0.3) is 5.91 Å². The predicted octanol–water partition coefficient (Wildman–Crippen LogP) is 1.56. The topological polar surface area (TPSA) is 51.2 Å². The van der Waals surface area contributed by atoms with Crippen LogP contribution in [0, 0.1) is 6.92 Å². The number of benzene rings is 1. The second-order valence-electron chi connectivity index (χ2n) is 6.55. The molecule has 2 aliphatic rings. The van der Waals surface area contributed by atoms with Crippen molar-refractivity contribution in [3.8, 4) is 11.5 Å². The minimum Gasteiger partial charge on any atom is -0.493 e. The van der Waals surface area contributed by atoms with Crippen molar-refractivity contribution in [2.75, 3.05) is 47.5 Å². The SMILES string of the molecule is COc1cc(C)c(C(=O)N2CCOC3CCN(C)CC32)cc1OC. The Hall–Kier alpha value is -1.79. The number of nitrogens with zero attached hydrogens (tertiary/aromatic N) is 2. The van der Waals surface area contributed by atoms with Crippen molar-refractivity contribution in [2.24, 2.45) is 0 Å². The highest BCUT2D eigenvalue weighted by Crippen LogP contribution is 2.32. The summed E-state index contributed by atoms with van der Waals surface area (Å²) in [6.07, 6.45) is 1.11. The van der Waals surface area contributed by atoms with E-state index >= 15 is 0 Å². The third kappa shape index (κ3) is 3.08. The molecule has 0 N–H and O–H groups in total. The number of morpholine rings is 1. The van der Waals surface area contributed by atoms with E-state index in [0.717, 1.165) is 25.1 Å². The molecular formula is C18H26N2O4. The van der Waals surface area contributed by atoms with Crippen LogP contribution in [0.2, 0.25) is 0 Å². The molecule has 0 radical (unpaired) electrons. The number of ether oxygens (including phenoxy) is 3. The Morgan fingerprint density at radius 2 is 1.92 bits per heavy atom. The summed E-state index contributed by atoms with van der Waals surface area (Å²) in [4.78, 5) is 17.4. The maximum Gasteiger partial charge on any atom is 0.254 e. The highest BCUT2D eigenvalue weighted by atomic mass is 16.5. The molecule has 2 unspecified atom stereocenters. The molecule has 6 nitrogen and oxygen atoms in total. The van der Waals surface area contributed by atoms with Crippen molar-refractivity contribution in [3.63, 3.8) is 0 Å². The highest BCUT2D eigenvalue weighted by Gasteiger charge is 2.39. The lowest BCUT2D eigenvalue weighted by atomic mass is 9.97. The molecule has 6 heteroatoms. The molecule has 1 aromatic rings. The van der Waals surface area contributed by atoms with Crippen molar-refractivity contribution in [1.82, 2.24) is 9.80 Å². The minimum atomic E-state index is 0.0436. The molecule has 2 atom stereocenters. The van der Waals surface area contributed by atoms with Crippen molar-refractivity contribution in [3.05, 3.63) is 23.3 Å². The second-order valence-corrected chi connectivity index (χ2v) is 6.55. The number of hydrogen-bond donors (Lipinski definition) is 0. The summed E-state index contributed by atoms with van der Waals surface area (Å²) in [6.45, 7) is 5.02. The molecule has 2 saturated heterocycles. The van der Waals surface area contributed by atoms with E-state index in [1.54, 1.807) is 20.3 Å². The van der Waals surface area contributed by atoms with E-state index < -0.39 is 0 Å². The van der Waals surface area contributed by atoms with Crippen LogP contribution in [0.3, 0.4) is 0 Å². The monoisotopic (exact) mass is 334 g/mol. The van der Waals surface area contributed by atoms with Crippen LogP contribution in [0.25, 0.3) is 0 Å². The van der Waals surface area contributed by atoms with E-state index in [0.29, 0.717) is 30.2 Å². The minimum absolute atomic E-state index is 0.0436. The van der Waals surface area contributed by atoms with Crippen LogP contribution in [-0.2, 0) is 4.74 Å². The molecule has 1 aromatic carbocycles. The van der Waals surface area contributed by atoms with Gasteiger partial charge in [-0.3, -0.25) is 4.79 Å². The Morgan fingerprint density at radius 3 is 2.62 bits per heavy atom. The van der Waals surface area contributed by atoms with Crippen molar-refractivity contribution in [1.29, 1.82) is 0 Å². The van der Waals surface area contributed by atoms with E-state index in [9.17, 15) is 4.79 Å². The number of amides is 1. The number of carbonyl (C=O) groups is 1. The smallest absolute Gasteiger partial charge is 0.254 e.